The van der Waals surface area contributed by atoms with E-state index in [2.05, 4.69) is 9.97 Å². The van der Waals surface area contributed by atoms with E-state index in [1.54, 1.807) is 12.1 Å². The largest absolute Gasteiger partial charge is 0.345 e. The molecular weight excluding hydrogens is 219 g/mol. The number of nitrogens with zero attached hydrogens (tertiary/aromatic N) is 1. The van der Waals surface area contributed by atoms with Gasteiger partial charge in [-0.1, -0.05) is 13.3 Å². The van der Waals surface area contributed by atoms with Crippen molar-refractivity contribution in [1.82, 2.24) is 9.97 Å². The van der Waals surface area contributed by atoms with Gasteiger partial charge in [0.25, 0.3) is 0 Å². The van der Waals surface area contributed by atoms with Gasteiger partial charge in [-0.2, -0.15) is 4.98 Å². The van der Waals surface area contributed by atoms with Crippen LogP contribution in [0.3, 0.4) is 0 Å². The molecule has 0 spiro atoms. The molecule has 1 aromatic carbocycles. The maximum atomic E-state index is 12.8. The van der Waals surface area contributed by atoms with Gasteiger partial charge in [0.05, 0.1) is 5.69 Å². The van der Waals surface area contributed by atoms with Gasteiger partial charge in [0.15, 0.2) is 0 Å². The highest BCUT2D eigenvalue weighted by atomic mass is 19.1. The molecule has 2 rings (SSSR count). The predicted molar refractivity (Wildman–Crippen MR) is 64.2 cm³/mol. The molecule has 0 fully saturated rings. The average Bonchev–Trinajstić information content (AvgIpc) is 2.29. The Hall–Kier alpha value is -1.97. The van der Waals surface area contributed by atoms with Crippen LogP contribution in [-0.4, -0.2) is 9.97 Å². The van der Waals surface area contributed by atoms with Crippen LogP contribution < -0.4 is 5.69 Å². The minimum atomic E-state index is -0.365. The van der Waals surface area contributed by atoms with Gasteiger partial charge >= 0.3 is 5.69 Å². The van der Waals surface area contributed by atoms with E-state index in [0.29, 0.717) is 5.69 Å². The highest BCUT2D eigenvalue weighted by Crippen LogP contribution is 2.16. The van der Waals surface area contributed by atoms with E-state index >= 15 is 0 Å². The van der Waals surface area contributed by atoms with Crippen molar-refractivity contribution < 1.29 is 4.39 Å². The topological polar surface area (TPSA) is 45.8 Å². The Balaban J connectivity index is 2.44. The summed E-state index contributed by atoms with van der Waals surface area (Å²) < 4.78 is 12.8. The van der Waals surface area contributed by atoms with E-state index in [4.69, 9.17) is 0 Å². The zero-order chi connectivity index (χ0) is 12.3. The fourth-order valence-electron chi connectivity index (χ4n) is 1.68. The molecule has 17 heavy (non-hydrogen) atoms. The van der Waals surface area contributed by atoms with Crippen LogP contribution in [0.2, 0.25) is 0 Å². The summed E-state index contributed by atoms with van der Waals surface area (Å²) in [5, 5.41) is 0. The summed E-state index contributed by atoms with van der Waals surface area (Å²) >= 11 is 0. The number of nitrogens with one attached hydrogen (secondary N) is 1. The first-order valence-corrected chi connectivity index (χ1v) is 5.55. The first-order valence-electron chi connectivity index (χ1n) is 5.55. The molecule has 0 unspecified atom stereocenters. The second-order valence-electron chi connectivity index (χ2n) is 3.85. The van der Waals surface area contributed by atoms with Gasteiger partial charge in [-0.3, -0.25) is 0 Å². The summed E-state index contributed by atoms with van der Waals surface area (Å²) in [5.74, 6) is -0.299. The fourth-order valence-corrected chi connectivity index (χ4v) is 1.68. The van der Waals surface area contributed by atoms with Crippen LogP contribution in [-0.2, 0) is 6.42 Å². The molecule has 0 aliphatic carbocycles. The number of aromatic nitrogens is 2. The van der Waals surface area contributed by atoms with Gasteiger partial charge in [-0.15, -0.1) is 0 Å². The quantitative estimate of drug-likeness (QED) is 0.883. The first-order chi connectivity index (χ1) is 8.19. The van der Waals surface area contributed by atoms with Crippen LogP contribution in [0.5, 0.6) is 0 Å². The first kappa shape index (κ1) is 11.5. The van der Waals surface area contributed by atoms with E-state index in [1.165, 1.54) is 12.1 Å². The van der Waals surface area contributed by atoms with Crippen molar-refractivity contribution in [3.8, 4) is 11.3 Å². The maximum absolute atomic E-state index is 12.8. The Bertz CT molecular complexity index is 560. The van der Waals surface area contributed by atoms with Crippen LogP contribution in [0.4, 0.5) is 4.39 Å². The predicted octanol–water partition coefficient (Wildman–Crippen LogP) is 2.53. The van der Waals surface area contributed by atoms with Gasteiger partial charge in [0.2, 0.25) is 0 Å². The normalized spacial score (nSPS) is 10.5. The lowest BCUT2D eigenvalue weighted by Crippen LogP contribution is -2.13. The van der Waals surface area contributed by atoms with Gasteiger partial charge in [-0.25, -0.2) is 9.18 Å². The molecule has 0 saturated heterocycles. The fraction of sp³-hybridized carbons (Fsp3) is 0.231. The SMILES string of the molecule is CCCc1cc(-c2ccc(F)cc2)nc(=O)[nH]1. The Morgan fingerprint density at radius 3 is 2.65 bits per heavy atom. The third kappa shape index (κ3) is 2.78. The molecule has 2 aromatic rings. The van der Waals surface area contributed by atoms with Crippen molar-refractivity contribution in [3.63, 3.8) is 0 Å². The lowest BCUT2D eigenvalue weighted by molar-refractivity contribution is 0.628. The highest BCUT2D eigenvalue weighted by Gasteiger charge is 2.03. The summed E-state index contributed by atoms with van der Waals surface area (Å²) in [6, 6.07) is 7.78. The summed E-state index contributed by atoms with van der Waals surface area (Å²) in [5.41, 5.74) is 1.81. The Labute approximate surface area is 98.3 Å². The number of aryl methyl sites for hydroxylation is 1. The molecule has 3 nitrogen and oxygen atoms in total. The number of rotatable bonds is 3. The zero-order valence-corrected chi connectivity index (χ0v) is 9.53. The van der Waals surface area contributed by atoms with E-state index in [0.717, 1.165) is 24.1 Å². The van der Waals surface area contributed by atoms with Crippen LogP contribution >= 0.6 is 0 Å². The van der Waals surface area contributed by atoms with E-state index < -0.39 is 0 Å². The van der Waals surface area contributed by atoms with Gasteiger partial charge in [0, 0.05) is 11.3 Å². The average molecular weight is 232 g/mol. The Morgan fingerprint density at radius 2 is 2.00 bits per heavy atom. The molecule has 4 heteroatoms. The van der Waals surface area contributed by atoms with Gasteiger partial charge in [-0.05, 0) is 36.8 Å². The van der Waals surface area contributed by atoms with Crippen molar-refractivity contribution in [2.75, 3.05) is 0 Å². The maximum Gasteiger partial charge on any atom is 0.345 e. The molecule has 0 saturated carbocycles. The molecule has 1 heterocycles. The Morgan fingerprint density at radius 1 is 1.29 bits per heavy atom. The molecule has 1 N–H and O–H groups in total. The number of halogens is 1. The lowest BCUT2D eigenvalue weighted by atomic mass is 10.1. The van der Waals surface area contributed by atoms with Gasteiger partial charge in [0.1, 0.15) is 5.82 Å². The molecule has 0 amide bonds. The number of aromatic amines is 1. The third-order valence-corrected chi connectivity index (χ3v) is 2.46. The van der Waals surface area contributed by atoms with E-state index in [1.807, 2.05) is 13.0 Å². The van der Waals surface area contributed by atoms with Crippen LogP contribution in [0.15, 0.2) is 35.1 Å². The molecule has 0 aliphatic heterocycles. The second-order valence-corrected chi connectivity index (χ2v) is 3.85. The highest BCUT2D eigenvalue weighted by molar-refractivity contribution is 5.58. The molecule has 0 aliphatic rings. The summed E-state index contributed by atoms with van der Waals surface area (Å²) in [7, 11) is 0. The molecule has 0 bridgehead atoms. The van der Waals surface area contributed by atoms with Crippen molar-refractivity contribution in [3.05, 3.63) is 52.3 Å². The minimum Gasteiger partial charge on any atom is -0.310 e. The molecule has 0 atom stereocenters. The minimum absolute atomic E-state index is 0.299. The number of hydrogen-bond donors (Lipinski definition) is 1. The van der Waals surface area contributed by atoms with Crippen molar-refractivity contribution in [2.45, 2.75) is 19.8 Å². The Kier molecular flexibility index (Phi) is 3.32. The number of H-pyrrole nitrogens is 1. The summed E-state index contributed by atoms with van der Waals surface area (Å²) in [6.07, 6.45) is 1.74. The molecule has 88 valence electrons. The van der Waals surface area contributed by atoms with E-state index in [9.17, 15) is 9.18 Å². The summed E-state index contributed by atoms with van der Waals surface area (Å²) in [4.78, 5) is 18.0. The standard InChI is InChI=1S/C13H13FN2O/c1-2-3-11-8-12(16-13(17)15-11)9-4-6-10(14)7-5-9/h4-8H,2-3H2,1H3,(H,15,16,17). The zero-order valence-electron chi connectivity index (χ0n) is 9.53. The second kappa shape index (κ2) is 4.91. The third-order valence-electron chi connectivity index (χ3n) is 2.46. The van der Waals surface area contributed by atoms with Gasteiger partial charge < -0.3 is 4.98 Å². The van der Waals surface area contributed by atoms with Crippen molar-refractivity contribution in [1.29, 1.82) is 0 Å². The van der Waals surface area contributed by atoms with Crippen LogP contribution in [0, 0.1) is 5.82 Å². The van der Waals surface area contributed by atoms with Crippen molar-refractivity contribution >= 4 is 0 Å². The smallest absolute Gasteiger partial charge is 0.310 e. The molecular formula is C13H13FN2O. The van der Waals surface area contributed by atoms with Crippen LogP contribution in [0.25, 0.3) is 11.3 Å². The van der Waals surface area contributed by atoms with Crippen LogP contribution in [0.1, 0.15) is 19.0 Å². The monoisotopic (exact) mass is 232 g/mol. The summed E-state index contributed by atoms with van der Waals surface area (Å²) in [6.45, 7) is 2.04. The lowest BCUT2D eigenvalue weighted by Gasteiger charge is -2.03. The molecule has 1 aromatic heterocycles. The van der Waals surface area contributed by atoms with E-state index in [-0.39, 0.29) is 11.5 Å². The molecule has 0 radical (unpaired) electrons. The number of benzene rings is 1. The van der Waals surface area contributed by atoms with Crippen molar-refractivity contribution in [2.24, 2.45) is 0 Å². The number of hydrogen-bond acceptors (Lipinski definition) is 2.